The number of rotatable bonds is 6. The van der Waals surface area contributed by atoms with Crippen molar-refractivity contribution in [2.45, 2.75) is 26.4 Å². The Hall–Kier alpha value is -2.59. The Morgan fingerprint density at radius 3 is 2.56 bits per heavy atom. The van der Waals surface area contributed by atoms with Crippen molar-refractivity contribution in [2.24, 2.45) is 7.05 Å². The van der Waals surface area contributed by atoms with E-state index in [1.54, 1.807) is 4.57 Å². The zero-order valence-electron chi connectivity index (χ0n) is 15.0. The molecule has 2 aromatic carbocycles. The largest absolute Gasteiger partial charge is 0.494 e. The van der Waals surface area contributed by atoms with Gasteiger partial charge >= 0.3 is 0 Å². The second-order valence-electron chi connectivity index (χ2n) is 6.20. The number of aromatic nitrogens is 1. The van der Waals surface area contributed by atoms with Gasteiger partial charge in [-0.3, -0.25) is 4.79 Å². The first-order valence-electron chi connectivity index (χ1n) is 8.64. The number of benzene rings is 2. The van der Waals surface area contributed by atoms with E-state index in [9.17, 15) is 4.79 Å². The molecule has 1 unspecified atom stereocenters. The molecule has 4 heteroatoms. The van der Waals surface area contributed by atoms with E-state index in [4.69, 9.17) is 4.74 Å². The van der Waals surface area contributed by atoms with Crippen molar-refractivity contribution in [3.8, 4) is 5.75 Å². The van der Waals surface area contributed by atoms with Gasteiger partial charge in [-0.2, -0.15) is 0 Å². The molecule has 0 saturated heterocycles. The third kappa shape index (κ3) is 3.74. The number of hydrogen-bond acceptors (Lipinski definition) is 3. The molecule has 25 heavy (non-hydrogen) atoms. The summed E-state index contributed by atoms with van der Waals surface area (Å²) >= 11 is 0. The molecule has 0 bridgehead atoms. The highest BCUT2D eigenvalue weighted by Gasteiger charge is 2.09. The van der Waals surface area contributed by atoms with Crippen molar-refractivity contribution < 1.29 is 4.74 Å². The van der Waals surface area contributed by atoms with Gasteiger partial charge in [-0.25, -0.2) is 0 Å². The average molecular weight is 336 g/mol. The van der Waals surface area contributed by atoms with Gasteiger partial charge in [-0.1, -0.05) is 30.3 Å². The normalized spacial score (nSPS) is 12.3. The molecular weight excluding hydrogens is 312 g/mol. The predicted molar refractivity (Wildman–Crippen MR) is 102 cm³/mol. The standard InChI is InChI=1S/C21H24N2O2/c1-4-25-19-11-9-16(10-12-19)15(2)22-14-18-13-17-7-5-6-8-20(17)23(3)21(18)24/h5-13,15,22H,4,14H2,1-3H3. The zero-order chi connectivity index (χ0) is 17.8. The van der Waals surface area contributed by atoms with Gasteiger partial charge in [-0.15, -0.1) is 0 Å². The molecule has 0 amide bonds. The fraction of sp³-hybridized carbons (Fsp3) is 0.286. The summed E-state index contributed by atoms with van der Waals surface area (Å²) in [6.45, 7) is 5.27. The Morgan fingerprint density at radius 2 is 1.84 bits per heavy atom. The second-order valence-corrected chi connectivity index (χ2v) is 6.20. The smallest absolute Gasteiger partial charge is 0.255 e. The summed E-state index contributed by atoms with van der Waals surface area (Å²) in [5.41, 5.74) is 2.95. The molecule has 0 aliphatic rings. The Kier molecular flexibility index (Phi) is 5.19. The Morgan fingerprint density at radius 1 is 1.12 bits per heavy atom. The molecule has 0 radical (unpaired) electrons. The summed E-state index contributed by atoms with van der Waals surface area (Å²) in [6.07, 6.45) is 0. The van der Waals surface area contributed by atoms with Gasteiger partial charge in [0.25, 0.3) is 5.56 Å². The summed E-state index contributed by atoms with van der Waals surface area (Å²) in [7, 11) is 1.82. The fourth-order valence-corrected chi connectivity index (χ4v) is 3.02. The van der Waals surface area contributed by atoms with E-state index >= 15 is 0 Å². The molecule has 0 aliphatic heterocycles. The first kappa shape index (κ1) is 17.2. The number of aryl methyl sites for hydroxylation is 1. The number of pyridine rings is 1. The van der Waals surface area contributed by atoms with Crippen molar-refractivity contribution in [2.75, 3.05) is 6.61 Å². The number of nitrogens with one attached hydrogen (secondary N) is 1. The summed E-state index contributed by atoms with van der Waals surface area (Å²) in [5.74, 6) is 0.877. The molecular formula is C21H24N2O2. The molecule has 130 valence electrons. The molecule has 1 heterocycles. The van der Waals surface area contributed by atoms with Crippen molar-refractivity contribution in [3.63, 3.8) is 0 Å². The lowest BCUT2D eigenvalue weighted by atomic mass is 10.1. The SMILES string of the molecule is CCOc1ccc(C(C)NCc2cc3ccccc3n(C)c2=O)cc1. The van der Waals surface area contributed by atoms with E-state index in [0.717, 1.165) is 22.2 Å². The second kappa shape index (κ2) is 7.53. The van der Waals surface area contributed by atoms with Gasteiger partial charge in [-0.05, 0) is 49.1 Å². The topological polar surface area (TPSA) is 43.3 Å². The van der Waals surface area contributed by atoms with Crippen molar-refractivity contribution in [3.05, 3.63) is 76.1 Å². The summed E-state index contributed by atoms with van der Waals surface area (Å²) in [6, 6.07) is 18.1. The number of fused-ring (bicyclic) bond motifs is 1. The van der Waals surface area contributed by atoms with Gasteiger partial charge in [0, 0.05) is 25.2 Å². The van der Waals surface area contributed by atoms with Gasteiger partial charge in [0.15, 0.2) is 0 Å². The lowest BCUT2D eigenvalue weighted by Crippen LogP contribution is -2.27. The average Bonchev–Trinajstić information content (AvgIpc) is 2.64. The fourth-order valence-electron chi connectivity index (χ4n) is 3.02. The highest BCUT2D eigenvalue weighted by molar-refractivity contribution is 5.79. The molecule has 4 nitrogen and oxygen atoms in total. The van der Waals surface area contributed by atoms with Crippen LogP contribution < -0.4 is 15.6 Å². The van der Waals surface area contributed by atoms with Crippen LogP contribution in [-0.4, -0.2) is 11.2 Å². The monoisotopic (exact) mass is 336 g/mol. The van der Waals surface area contributed by atoms with E-state index in [0.29, 0.717) is 13.2 Å². The van der Waals surface area contributed by atoms with Crippen LogP contribution in [0, 0.1) is 0 Å². The minimum atomic E-state index is 0.0464. The van der Waals surface area contributed by atoms with E-state index in [1.807, 2.05) is 56.4 Å². The lowest BCUT2D eigenvalue weighted by molar-refractivity contribution is 0.340. The number of ether oxygens (including phenoxy) is 1. The third-order valence-electron chi connectivity index (χ3n) is 4.50. The van der Waals surface area contributed by atoms with Gasteiger partial charge < -0.3 is 14.6 Å². The van der Waals surface area contributed by atoms with Crippen LogP contribution in [-0.2, 0) is 13.6 Å². The highest BCUT2D eigenvalue weighted by atomic mass is 16.5. The Labute approximate surface area is 148 Å². The van der Waals surface area contributed by atoms with Crippen LogP contribution in [0.4, 0.5) is 0 Å². The summed E-state index contributed by atoms with van der Waals surface area (Å²) in [5, 5.41) is 4.52. The molecule has 1 atom stereocenters. The quantitative estimate of drug-likeness (QED) is 0.745. The summed E-state index contributed by atoms with van der Waals surface area (Å²) < 4.78 is 7.19. The molecule has 0 aliphatic carbocycles. The highest BCUT2D eigenvalue weighted by Crippen LogP contribution is 2.18. The Bertz CT molecular complexity index is 913. The zero-order valence-corrected chi connectivity index (χ0v) is 15.0. The minimum Gasteiger partial charge on any atom is -0.494 e. The molecule has 3 aromatic rings. The third-order valence-corrected chi connectivity index (χ3v) is 4.50. The van der Waals surface area contributed by atoms with Crippen molar-refractivity contribution in [1.29, 1.82) is 0 Å². The predicted octanol–water partition coefficient (Wildman–Crippen LogP) is 3.79. The lowest BCUT2D eigenvalue weighted by Gasteiger charge is -2.16. The van der Waals surface area contributed by atoms with Crippen molar-refractivity contribution in [1.82, 2.24) is 9.88 Å². The maximum atomic E-state index is 12.6. The minimum absolute atomic E-state index is 0.0464. The molecule has 0 saturated carbocycles. The Balaban J connectivity index is 1.75. The van der Waals surface area contributed by atoms with Crippen LogP contribution in [0.5, 0.6) is 5.75 Å². The number of para-hydroxylation sites is 1. The van der Waals surface area contributed by atoms with Gasteiger partial charge in [0.05, 0.1) is 12.1 Å². The van der Waals surface area contributed by atoms with E-state index in [2.05, 4.69) is 24.4 Å². The van der Waals surface area contributed by atoms with Crippen LogP contribution >= 0.6 is 0 Å². The van der Waals surface area contributed by atoms with Crippen LogP contribution in [0.1, 0.15) is 31.0 Å². The van der Waals surface area contributed by atoms with Crippen molar-refractivity contribution >= 4 is 10.9 Å². The number of hydrogen-bond donors (Lipinski definition) is 1. The van der Waals surface area contributed by atoms with Gasteiger partial charge in [0.2, 0.25) is 0 Å². The van der Waals surface area contributed by atoms with E-state index in [-0.39, 0.29) is 11.6 Å². The maximum Gasteiger partial charge on any atom is 0.255 e. The number of nitrogens with zero attached hydrogens (tertiary/aromatic N) is 1. The van der Waals surface area contributed by atoms with E-state index in [1.165, 1.54) is 5.56 Å². The van der Waals surface area contributed by atoms with Crippen LogP contribution in [0.3, 0.4) is 0 Å². The van der Waals surface area contributed by atoms with E-state index < -0.39 is 0 Å². The van der Waals surface area contributed by atoms with Crippen LogP contribution in [0.2, 0.25) is 0 Å². The van der Waals surface area contributed by atoms with Crippen LogP contribution in [0.15, 0.2) is 59.4 Å². The molecule has 0 fully saturated rings. The summed E-state index contributed by atoms with van der Waals surface area (Å²) in [4.78, 5) is 12.6. The molecule has 3 rings (SSSR count). The van der Waals surface area contributed by atoms with Gasteiger partial charge in [0.1, 0.15) is 5.75 Å². The van der Waals surface area contributed by atoms with Crippen LogP contribution in [0.25, 0.3) is 10.9 Å². The molecule has 1 N–H and O–H groups in total. The maximum absolute atomic E-state index is 12.6. The molecule has 0 spiro atoms. The molecule has 1 aromatic heterocycles. The first-order chi connectivity index (χ1) is 12.1. The first-order valence-corrected chi connectivity index (χ1v) is 8.64.